The van der Waals surface area contributed by atoms with Gasteiger partial charge in [0, 0.05) is 24.3 Å². The molecule has 0 radical (unpaired) electrons. The number of carbonyl (C=O) groups is 2. The summed E-state index contributed by atoms with van der Waals surface area (Å²) >= 11 is 1.32. The molecule has 0 aliphatic heterocycles. The van der Waals surface area contributed by atoms with Crippen LogP contribution in [0.25, 0.3) is 0 Å². The highest BCUT2D eigenvalue weighted by molar-refractivity contribution is 7.12. The fourth-order valence-electron chi connectivity index (χ4n) is 1.09. The van der Waals surface area contributed by atoms with Gasteiger partial charge >= 0.3 is 5.97 Å². The third-order valence-electron chi connectivity index (χ3n) is 1.82. The van der Waals surface area contributed by atoms with E-state index in [2.05, 4.69) is 0 Å². The maximum Gasteiger partial charge on any atom is 0.308 e. The molecule has 0 saturated carbocycles. The summed E-state index contributed by atoms with van der Waals surface area (Å²) in [5.41, 5.74) is 0.761. The van der Waals surface area contributed by atoms with E-state index < -0.39 is 0 Å². The quantitative estimate of drug-likeness (QED) is 0.571. The van der Waals surface area contributed by atoms with Crippen molar-refractivity contribution in [3.63, 3.8) is 0 Å². The Kier molecular flexibility index (Phi) is 3.41. The van der Waals surface area contributed by atoms with Crippen LogP contribution in [0.4, 0.5) is 0 Å². The monoisotopic (exact) mass is 212 g/mol. The summed E-state index contributed by atoms with van der Waals surface area (Å²) < 4.78 is 4.94. The van der Waals surface area contributed by atoms with Crippen LogP contribution in [0.15, 0.2) is 5.38 Å². The smallest absolute Gasteiger partial charge is 0.308 e. The minimum absolute atomic E-state index is 0.0888. The SMILES string of the molecule is CCC(=O)c1scc(OC(C)=O)c1C. The zero-order valence-electron chi connectivity index (χ0n) is 8.42. The minimum Gasteiger partial charge on any atom is -0.426 e. The van der Waals surface area contributed by atoms with Crippen LogP contribution >= 0.6 is 11.3 Å². The number of Topliss-reactive ketones (excluding diaryl/α,β-unsaturated/α-hetero) is 1. The molecule has 4 heteroatoms. The molecule has 1 aromatic heterocycles. The van der Waals surface area contributed by atoms with Crippen LogP contribution in [0.1, 0.15) is 35.5 Å². The molecule has 1 aromatic rings. The van der Waals surface area contributed by atoms with Crippen molar-refractivity contribution >= 4 is 23.1 Å². The maximum absolute atomic E-state index is 11.4. The van der Waals surface area contributed by atoms with Crippen molar-refractivity contribution in [2.45, 2.75) is 27.2 Å². The Labute approximate surface area is 86.7 Å². The molecule has 0 unspecified atom stereocenters. The highest BCUT2D eigenvalue weighted by Crippen LogP contribution is 2.29. The Bertz CT molecular complexity index is 365. The van der Waals surface area contributed by atoms with Gasteiger partial charge in [-0.1, -0.05) is 6.92 Å². The predicted octanol–water partition coefficient (Wildman–Crippen LogP) is 2.57. The molecule has 0 spiro atoms. The number of rotatable bonds is 3. The van der Waals surface area contributed by atoms with Crippen LogP contribution in [0.2, 0.25) is 0 Å². The highest BCUT2D eigenvalue weighted by atomic mass is 32.1. The number of ketones is 1. The Hall–Kier alpha value is -1.16. The largest absolute Gasteiger partial charge is 0.426 e. The summed E-state index contributed by atoms with van der Waals surface area (Å²) in [7, 11) is 0. The van der Waals surface area contributed by atoms with E-state index in [4.69, 9.17) is 4.74 Å². The van der Waals surface area contributed by atoms with Crippen molar-refractivity contribution in [2.24, 2.45) is 0 Å². The van der Waals surface area contributed by atoms with Gasteiger partial charge in [0.05, 0.1) is 4.88 Å². The lowest BCUT2D eigenvalue weighted by Crippen LogP contribution is -2.02. The molecule has 0 atom stereocenters. The van der Waals surface area contributed by atoms with Crippen LogP contribution in [0, 0.1) is 6.92 Å². The molecule has 1 heterocycles. The topological polar surface area (TPSA) is 43.4 Å². The summed E-state index contributed by atoms with van der Waals surface area (Å²) in [5, 5.41) is 1.69. The first-order valence-corrected chi connectivity index (χ1v) is 5.24. The maximum atomic E-state index is 11.4. The fraction of sp³-hybridized carbons (Fsp3) is 0.400. The predicted molar refractivity (Wildman–Crippen MR) is 55.0 cm³/mol. The molecule has 0 aromatic carbocycles. The molecule has 0 saturated heterocycles. The lowest BCUT2D eigenvalue weighted by Gasteiger charge is -1.99. The van der Waals surface area contributed by atoms with Crippen LogP contribution in [0.5, 0.6) is 5.75 Å². The van der Waals surface area contributed by atoms with Gasteiger partial charge in [-0.2, -0.15) is 0 Å². The molecular formula is C10H12O3S. The van der Waals surface area contributed by atoms with Gasteiger partial charge < -0.3 is 4.74 Å². The zero-order valence-corrected chi connectivity index (χ0v) is 9.23. The molecule has 76 valence electrons. The first kappa shape index (κ1) is 10.9. The molecule has 0 aliphatic rings. The lowest BCUT2D eigenvalue weighted by molar-refractivity contribution is -0.131. The van der Waals surface area contributed by atoms with Gasteiger partial charge in [0.15, 0.2) is 5.78 Å². The van der Waals surface area contributed by atoms with E-state index in [9.17, 15) is 9.59 Å². The summed E-state index contributed by atoms with van der Waals surface area (Å²) in [6.07, 6.45) is 0.473. The van der Waals surface area contributed by atoms with Gasteiger partial charge in [0.1, 0.15) is 5.75 Å². The first-order valence-electron chi connectivity index (χ1n) is 4.36. The van der Waals surface area contributed by atoms with E-state index >= 15 is 0 Å². The van der Waals surface area contributed by atoms with Gasteiger partial charge in [0.2, 0.25) is 0 Å². The normalized spacial score (nSPS) is 9.93. The van der Waals surface area contributed by atoms with Gasteiger partial charge in [0.25, 0.3) is 0 Å². The number of carbonyl (C=O) groups excluding carboxylic acids is 2. The molecule has 0 aliphatic carbocycles. The second-order valence-electron chi connectivity index (χ2n) is 2.92. The second-order valence-corrected chi connectivity index (χ2v) is 3.80. The van der Waals surface area contributed by atoms with Gasteiger partial charge in [-0.05, 0) is 6.92 Å². The molecule has 14 heavy (non-hydrogen) atoms. The Balaban J connectivity index is 2.96. The van der Waals surface area contributed by atoms with E-state index in [0.29, 0.717) is 17.0 Å². The Morgan fingerprint density at radius 3 is 2.64 bits per heavy atom. The van der Waals surface area contributed by atoms with Crippen molar-refractivity contribution in [2.75, 3.05) is 0 Å². The lowest BCUT2D eigenvalue weighted by atomic mass is 10.2. The highest BCUT2D eigenvalue weighted by Gasteiger charge is 2.14. The molecule has 0 bridgehead atoms. The van der Waals surface area contributed by atoms with Crippen LogP contribution in [-0.4, -0.2) is 11.8 Å². The summed E-state index contributed by atoms with van der Waals surface area (Å²) in [5.74, 6) is 0.228. The number of hydrogen-bond donors (Lipinski definition) is 0. The third kappa shape index (κ3) is 2.20. The molecule has 0 N–H and O–H groups in total. The van der Waals surface area contributed by atoms with Gasteiger partial charge in [-0.15, -0.1) is 11.3 Å². The standard InChI is InChI=1S/C10H12O3S/c1-4-8(12)10-6(2)9(5-14-10)13-7(3)11/h5H,4H2,1-3H3. The van der Waals surface area contributed by atoms with Crippen molar-refractivity contribution in [1.82, 2.24) is 0 Å². The van der Waals surface area contributed by atoms with E-state index in [-0.39, 0.29) is 11.8 Å². The number of ether oxygens (including phenoxy) is 1. The molecular weight excluding hydrogens is 200 g/mol. The fourth-order valence-corrected chi connectivity index (χ4v) is 2.09. The first-order chi connectivity index (χ1) is 6.56. The number of hydrogen-bond acceptors (Lipinski definition) is 4. The molecule has 1 rings (SSSR count). The van der Waals surface area contributed by atoms with Crippen molar-refractivity contribution < 1.29 is 14.3 Å². The number of esters is 1. The van der Waals surface area contributed by atoms with Crippen molar-refractivity contribution in [3.8, 4) is 5.75 Å². The average Bonchev–Trinajstić information content (AvgIpc) is 2.46. The average molecular weight is 212 g/mol. The summed E-state index contributed by atoms with van der Waals surface area (Å²) in [4.78, 5) is 22.8. The van der Waals surface area contributed by atoms with Crippen LogP contribution in [-0.2, 0) is 4.79 Å². The Morgan fingerprint density at radius 1 is 1.50 bits per heavy atom. The van der Waals surface area contributed by atoms with Crippen LogP contribution < -0.4 is 4.74 Å². The summed E-state index contributed by atoms with van der Waals surface area (Å²) in [6.45, 7) is 4.95. The van der Waals surface area contributed by atoms with Gasteiger partial charge in [-0.25, -0.2) is 0 Å². The van der Waals surface area contributed by atoms with E-state index in [1.54, 1.807) is 12.3 Å². The third-order valence-corrected chi connectivity index (χ3v) is 2.92. The van der Waals surface area contributed by atoms with Crippen molar-refractivity contribution in [1.29, 1.82) is 0 Å². The van der Waals surface area contributed by atoms with E-state index in [1.807, 2.05) is 6.92 Å². The van der Waals surface area contributed by atoms with Crippen molar-refractivity contribution in [3.05, 3.63) is 15.8 Å². The summed E-state index contributed by atoms with van der Waals surface area (Å²) in [6, 6.07) is 0. The Morgan fingerprint density at radius 2 is 2.14 bits per heavy atom. The van der Waals surface area contributed by atoms with E-state index in [0.717, 1.165) is 5.56 Å². The van der Waals surface area contributed by atoms with E-state index in [1.165, 1.54) is 18.3 Å². The number of thiophene rings is 1. The second kappa shape index (κ2) is 4.37. The molecule has 0 amide bonds. The van der Waals surface area contributed by atoms with Crippen LogP contribution in [0.3, 0.4) is 0 Å². The molecule has 3 nitrogen and oxygen atoms in total. The van der Waals surface area contributed by atoms with Gasteiger partial charge in [-0.3, -0.25) is 9.59 Å². The minimum atomic E-state index is -0.360. The molecule has 0 fully saturated rings. The zero-order chi connectivity index (χ0) is 10.7.